The van der Waals surface area contributed by atoms with Crippen molar-refractivity contribution in [1.29, 1.82) is 0 Å². The van der Waals surface area contributed by atoms with Crippen LogP contribution in [0.25, 0.3) is 33.2 Å². The van der Waals surface area contributed by atoms with E-state index in [1.165, 1.54) is 18.6 Å². The molecule has 41 heavy (non-hydrogen) atoms. The van der Waals surface area contributed by atoms with Gasteiger partial charge in [0.05, 0.1) is 22.4 Å². The number of fused-ring (bicyclic) bond motifs is 2. The van der Waals surface area contributed by atoms with Gasteiger partial charge in [-0.25, -0.2) is 19.2 Å². The first-order chi connectivity index (χ1) is 19.9. The van der Waals surface area contributed by atoms with Crippen molar-refractivity contribution in [2.75, 3.05) is 0 Å². The first kappa shape index (κ1) is 26.4. The Bertz CT molecular complexity index is 1760. The van der Waals surface area contributed by atoms with Crippen LogP contribution in [0, 0.1) is 5.82 Å². The van der Waals surface area contributed by atoms with E-state index >= 15 is 0 Å². The number of nitrogens with zero attached hydrogens (tertiary/aromatic N) is 2. The van der Waals surface area contributed by atoms with Crippen LogP contribution in [0.4, 0.5) is 4.39 Å². The second kappa shape index (κ2) is 11.0. The molecule has 0 radical (unpaired) electrons. The number of amides is 1. The Kier molecular flexibility index (Phi) is 7.09. The van der Waals surface area contributed by atoms with Crippen LogP contribution in [0.1, 0.15) is 59.6 Å². The molecule has 2 heterocycles. The molecule has 5 aromatic rings. The fraction of sp³-hybridized carbons (Fsp3) is 0.250. The SMILES string of the molecule is O=C(N[C@@H](Cc1c[nH]c2ccc(O)cc12)C(=O)O)c1ccc2nc(-c3ccc(F)cc3)c(C3CCCCC3)nc2c1. The van der Waals surface area contributed by atoms with E-state index in [4.69, 9.17) is 9.97 Å². The quantitative estimate of drug-likeness (QED) is 0.193. The van der Waals surface area contributed by atoms with Crippen LogP contribution in [-0.2, 0) is 11.2 Å². The summed E-state index contributed by atoms with van der Waals surface area (Å²) in [6, 6.07) is 14.8. The second-order valence-corrected chi connectivity index (χ2v) is 10.6. The van der Waals surface area contributed by atoms with Gasteiger partial charge in [0.25, 0.3) is 5.91 Å². The number of aliphatic carboxylic acids is 1. The van der Waals surface area contributed by atoms with Crippen molar-refractivity contribution in [1.82, 2.24) is 20.3 Å². The number of halogens is 1. The van der Waals surface area contributed by atoms with E-state index in [0.717, 1.165) is 48.2 Å². The predicted molar refractivity (Wildman–Crippen MR) is 153 cm³/mol. The van der Waals surface area contributed by atoms with Gasteiger partial charge in [-0.15, -0.1) is 0 Å². The standard InChI is InChI=1S/C32H29FN4O4/c33-22-9-6-19(7-10-22)30-29(18-4-2-1-3-5-18)36-27-14-20(8-12-26(27)35-30)31(39)37-28(32(40)41)15-21-17-34-25-13-11-23(38)16-24(21)25/h6-14,16-18,28,34,38H,1-5,15H2,(H,37,39)(H,40,41)/t28-/m0/s1. The van der Waals surface area contributed by atoms with Crippen molar-refractivity contribution >= 4 is 33.8 Å². The highest BCUT2D eigenvalue weighted by molar-refractivity contribution is 5.99. The maximum absolute atomic E-state index is 13.6. The lowest BCUT2D eigenvalue weighted by Crippen LogP contribution is -2.42. The smallest absolute Gasteiger partial charge is 0.326 e. The van der Waals surface area contributed by atoms with Crippen LogP contribution in [0.3, 0.4) is 0 Å². The lowest BCUT2D eigenvalue weighted by molar-refractivity contribution is -0.139. The molecule has 1 saturated carbocycles. The lowest BCUT2D eigenvalue weighted by Gasteiger charge is -2.23. The molecule has 208 valence electrons. The second-order valence-electron chi connectivity index (χ2n) is 10.6. The molecule has 9 heteroatoms. The van der Waals surface area contributed by atoms with Crippen molar-refractivity contribution in [3.05, 3.63) is 89.5 Å². The highest BCUT2D eigenvalue weighted by atomic mass is 19.1. The topological polar surface area (TPSA) is 128 Å². The van der Waals surface area contributed by atoms with Crippen molar-refractivity contribution in [2.24, 2.45) is 0 Å². The van der Waals surface area contributed by atoms with E-state index in [1.54, 1.807) is 54.7 Å². The number of carboxylic acid groups (broad SMARTS) is 1. The number of carbonyl (C=O) groups is 2. The van der Waals surface area contributed by atoms with Crippen LogP contribution < -0.4 is 5.32 Å². The number of H-pyrrole nitrogens is 1. The largest absolute Gasteiger partial charge is 0.508 e. The molecule has 0 bridgehead atoms. The normalized spacial score (nSPS) is 14.8. The Morgan fingerprint density at radius 1 is 0.976 bits per heavy atom. The van der Waals surface area contributed by atoms with E-state index in [-0.39, 0.29) is 29.5 Å². The van der Waals surface area contributed by atoms with Gasteiger partial charge in [-0.1, -0.05) is 19.3 Å². The van der Waals surface area contributed by atoms with E-state index in [1.807, 2.05) is 0 Å². The number of nitrogens with one attached hydrogen (secondary N) is 2. The van der Waals surface area contributed by atoms with E-state index in [9.17, 15) is 24.2 Å². The maximum atomic E-state index is 13.6. The number of rotatable bonds is 7. The molecule has 6 rings (SSSR count). The Labute approximate surface area is 235 Å². The van der Waals surface area contributed by atoms with Gasteiger partial charge in [-0.2, -0.15) is 0 Å². The zero-order chi connectivity index (χ0) is 28.5. The van der Waals surface area contributed by atoms with Crippen molar-refractivity contribution < 1.29 is 24.2 Å². The molecule has 4 N–H and O–H groups in total. The summed E-state index contributed by atoms with van der Waals surface area (Å²) in [6.07, 6.45) is 7.07. The Morgan fingerprint density at radius 3 is 2.51 bits per heavy atom. The average molecular weight is 553 g/mol. The molecule has 1 aliphatic rings. The minimum absolute atomic E-state index is 0.0325. The van der Waals surface area contributed by atoms with Crippen molar-refractivity contribution in [3.63, 3.8) is 0 Å². The number of carbonyl (C=O) groups excluding carboxylic acids is 1. The van der Waals surface area contributed by atoms with E-state index < -0.39 is 17.9 Å². The number of benzene rings is 3. The summed E-state index contributed by atoms with van der Waals surface area (Å²) in [5, 5.41) is 23.1. The molecule has 1 fully saturated rings. The molecule has 8 nitrogen and oxygen atoms in total. The summed E-state index contributed by atoms with van der Waals surface area (Å²) in [6.45, 7) is 0. The van der Waals surface area contributed by atoms with E-state index in [0.29, 0.717) is 22.0 Å². The summed E-state index contributed by atoms with van der Waals surface area (Å²) >= 11 is 0. The third-order valence-corrected chi connectivity index (χ3v) is 7.84. The number of hydrogen-bond donors (Lipinski definition) is 4. The van der Waals surface area contributed by atoms with Crippen LogP contribution in [0.15, 0.2) is 66.9 Å². The van der Waals surface area contributed by atoms with Gasteiger partial charge in [0.15, 0.2) is 0 Å². The summed E-state index contributed by atoms with van der Waals surface area (Å²) < 4.78 is 13.6. The molecule has 1 atom stereocenters. The van der Waals surface area contributed by atoms with Gasteiger partial charge in [0, 0.05) is 40.6 Å². The van der Waals surface area contributed by atoms with Gasteiger partial charge in [-0.3, -0.25) is 4.79 Å². The summed E-state index contributed by atoms with van der Waals surface area (Å²) in [5.74, 6) is -1.74. The number of carboxylic acids is 1. The average Bonchev–Trinajstić information content (AvgIpc) is 3.38. The fourth-order valence-corrected chi connectivity index (χ4v) is 5.69. The Hall–Kier alpha value is -4.79. The van der Waals surface area contributed by atoms with Crippen LogP contribution >= 0.6 is 0 Å². The summed E-state index contributed by atoms with van der Waals surface area (Å²) in [4.78, 5) is 38.3. The molecule has 0 spiro atoms. The highest BCUT2D eigenvalue weighted by Gasteiger charge is 2.25. The first-order valence-electron chi connectivity index (χ1n) is 13.8. The Morgan fingerprint density at radius 2 is 1.76 bits per heavy atom. The molecule has 1 amide bonds. The molecule has 0 saturated heterocycles. The van der Waals surface area contributed by atoms with Gasteiger partial charge in [-0.05, 0) is 79.1 Å². The minimum Gasteiger partial charge on any atom is -0.508 e. The Balaban J connectivity index is 1.31. The molecule has 0 aliphatic heterocycles. The number of phenols is 1. The summed E-state index contributed by atoms with van der Waals surface area (Å²) in [5.41, 5.74) is 5.19. The molecule has 0 unspecified atom stereocenters. The van der Waals surface area contributed by atoms with Crippen LogP contribution in [0.5, 0.6) is 5.75 Å². The van der Waals surface area contributed by atoms with Crippen molar-refractivity contribution in [3.8, 4) is 17.0 Å². The minimum atomic E-state index is -1.19. The van der Waals surface area contributed by atoms with Gasteiger partial charge < -0.3 is 20.5 Å². The maximum Gasteiger partial charge on any atom is 0.326 e. The molecular weight excluding hydrogens is 523 g/mol. The predicted octanol–water partition coefficient (Wildman–Crippen LogP) is 6.10. The zero-order valence-corrected chi connectivity index (χ0v) is 22.2. The highest BCUT2D eigenvalue weighted by Crippen LogP contribution is 2.37. The zero-order valence-electron chi connectivity index (χ0n) is 22.2. The third kappa shape index (κ3) is 5.48. The number of aromatic hydroxyl groups is 1. The van der Waals surface area contributed by atoms with Gasteiger partial charge in [0.2, 0.25) is 0 Å². The summed E-state index contributed by atoms with van der Waals surface area (Å²) in [7, 11) is 0. The van der Waals surface area contributed by atoms with Gasteiger partial charge in [0.1, 0.15) is 17.6 Å². The third-order valence-electron chi connectivity index (χ3n) is 7.84. The number of aromatic nitrogens is 3. The molecular formula is C32H29FN4O4. The van der Waals surface area contributed by atoms with Gasteiger partial charge >= 0.3 is 5.97 Å². The molecule has 2 aromatic heterocycles. The monoisotopic (exact) mass is 552 g/mol. The first-order valence-corrected chi connectivity index (χ1v) is 13.8. The molecule has 1 aliphatic carbocycles. The van der Waals surface area contributed by atoms with E-state index in [2.05, 4.69) is 10.3 Å². The van der Waals surface area contributed by atoms with Crippen LogP contribution in [-0.4, -0.2) is 43.1 Å². The lowest BCUT2D eigenvalue weighted by atomic mass is 9.85. The number of phenolic OH excluding ortho intramolecular Hbond substituents is 1. The van der Waals surface area contributed by atoms with Crippen molar-refractivity contribution in [2.45, 2.75) is 50.5 Å². The number of hydrogen-bond acceptors (Lipinski definition) is 5. The molecule has 3 aromatic carbocycles. The fourth-order valence-electron chi connectivity index (χ4n) is 5.69. The number of aromatic amines is 1. The van der Waals surface area contributed by atoms with Crippen LogP contribution in [0.2, 0.25) is 0 Å².